The lowest BCUT2D eigenvalue weighted by Crippen LogP contribution is -2.30. The van der Waals surface area contributed by atoms with Gasteiger partial charge in [-0.2, -0.15) is 0 Å². The lowest BCUT2D eigenvalue weighted by molar-refractivity contribution is 0.0949. The number of nitrogens with zero attached hydrogens (tertiary/aromatic N) is 3. The maximum atomic E-state index is 12.6. The molecule has 146 valence electrons. The highest BCUT2D eigenvalue weighted by molar-refractivity contribution is 5.92. The zero-order chi connectivity index (χ0) is 19.6. The molecule has 0 aliphatic rings. The molecule has 0 aliphatic heterocycles. The van der Waals surface area contributed by atoms with Crippen LogP contribution in [0.2, 0.25) is 0 Å². The summed E-state index contributed by atoms with van der Waals surface area (Å²) in [4.78, 5) is 23.7. The van der Waals surface area contributed by atoms with Gasteiger partial charge in [0.25, 0.3) is 5.91 Å². The van der Waals surface area contributed by atoms with Crippen molar-refractivity contribution in [1.29, 1.82) is 0 Å². The largest absolute Gasteiger partial charge is 0.496 e. The summed E-state index contributed by atoms with van der Waals surface area (Å²) in [6, 6.07) is 9.57. The van der Waals surface area contributed by atoms with Crippen LogP contribution in [0.15, 0.2) is 30.3 Å². The maximum absolute atomic E-state index is 12.6. The van der Waals surface area contributed by atoms with E-state index in [1.807, 2.05) is 31.2 Å². The van der Waals surface area contributed by atoms with Crippen LogP contribution in [-0.4, -0.2) is 42.6 Å². The zero-order valence-corrected chi connectivity index (χ0v) is 16.8. The summed E-state index contributed by atoms with van der Waals surface area (Å²) in [5.74, 6) is 1.29. The molecule has 0 saturated carbocycles. The summed E-state index contributed by atoms with van der Waals surface area (Å²) in [6.45, 7) is 8.43. The van der Waals surface area contributed by atoms with Crippen LogP contribution in [0.3, 0.4) is 0 Å². The van der Waals surface area contributed by atoms with Gasteiger partial charge in [0.1, 0.15) is 11.4 Å². The quantitative estimate of drug-likeness (QED) is 0.694. The molecule has 1 aromatic carbocycles. The molecular formula is C21H30N4O2. The molecule has 0 saturated heterocycles. The van der Waals surface area contributed by atoms with Crippen LogP contribution in [-0.2, 0) is 6.42 Å². The predicted octanol–water partition coefficient (Wildman–Crippen LogP) is 3.39. The first kappa shape index (κ1) is 20.7. The number of nitrogens with one attached hydrogen (secondary N) is 1. The van der Waals surface area contributed by atoms with Crippen molar-refractivity contribution in [3.05, 3.63) is 47.3 Å². The Balaban J connectivity index is 2.05. The molecule has 27 heavy (non-hydrogen) atoms. The SMILES string of the molecule is CCCN(CCC)c1nc(C)cc(C(=O)NCCc2ccccc2OC)n1. The van der Waals surface area contributed by atoms with Gasteiger partial charge in [-0.1, -0.05) is 32.0 Å². The van der Waals surface area contributed by atoms with Gasteiger partial charge in [0, 0.05) is 25.3 Å². The molecule has 0 aliphatic carbocycles. The molecule has 6 nitrogen and oxygen atoms in total. The second-order valence-electron chi connectivity index (χ2n) is 6.50. The van der Waals surface area contributed by atoms with E-state index in [0.29, 0.717) is 24.6 Å². The van der Waals surface area contributed by atoms with Crippen molar-refractivity contribution in [3.8, 4) is 5.75 Å². The van der Waals surface area contributed by atoms with Gasteiger partial charge in [0.05, 0.1) is 7.11 Å². The molecule has 2 aromatic rings. The lowest BCUT2D eigenvalue weighted by Gasteiger charge is -2.22. The lowest BCUT2D eigenvalue weighted by atomic mass is 10.1. The van der Waals surface area contributed by atoms with Crippen LogP contribution in [0.5, 0.6) is 5.75 Å². The molecule has 0 radical (unpaired) electrons. The van der Waals surface area contributed by atoms with E-state index in [-0.39, 0.29) is 5.91 Å². The normalized spacial score (nSPS) is 10.5. The third-order valence-corrected chi connectivity index (χ3v) is 4.22. The number of hydrogen-bond donors (Lipinski definition) is 1. The number of ether oxygens (including phenoxy) is 1. The number of carbonyl (C=O) groups is 1. The highest BCUT2D eigenvalue weighted by Gasteiger charge is 2.14. The van der Waals surface area contributed by atoms with Crippen molar-refractivity contribution in [3.63, 3.8) is 0 Å². The van der Waals surface area contributed by atoms with Gasteiger partial charge in [0.2, 0.25) is 5.95 Å². The number of hydrogen-bond acceptors (Lipinski definition) is 5. The maximum Gasteiger partial charge on any atom is 0.270 e. The molecule has 6 heteroatoms. The molecule has 0 spiro atoms. The smallest absolute Gasteiger partial charge is 0.270 e. The zero-order valence-electron chi connectivity index (χ0n) is 16.8. The molecule has 1 N–H and O–H groups in total. The topological polar surface area (TPSA) is 67.4 Å². The monoisotopic (exact) mass is 370 g/mol. The Hall–Kier alpha value is -2.63. The van der Waals surface area contributed by atoms with Gasteiger partial charge in [-0.25, -0.2) is 9.97 Å². The average Bonchev–Trinajstić information content (AvgIpc) is 2.67. The predicted molar refractivity (Wildman–Crippen MR) is 109 cm³/mol. The van der Waals surface area contributed by atoms with Gasteiger partial charge >= 0.3 is 0 Å². The van der Waals surface area contributed by atoms with Crippen molar-refractivity contribution in [2.24, 2.45) is 0 Å². The minimum Gasteiger partial charge on any atom is -0.496 e. The van der Waals surface area contributed by atoms with E-state index < -0.39 is 0 Å². The summed E-state index contributed by atoms with van der Waals surface area (Å²) in [5.41, 5.74) is 2.28. The van der Waals surface area contributed by atoms with Gasteiger partial charge in [-0.15, -0.1) is 0 Å². The molecule has 0 atom stereocenters. The van der Waals surface area contributed by atoms with E-state index in [1.54, 1.807) is 13.2 Å². The summed E-state index contributed by atoms with van der Waals surface area (Å²) in [6.07, 6.45) is 2.72. The third kappa shape index (κ3) is 5.94. The van der Waals surface area contributed by atoms with Crippen LogP contribution < -0.4 is 15.0 Å². The average molecular weight is 370 g/mol. The first-order chi connectivity index (χ1) is 13.1. The highest BCUT2D eigenvalue weighted by atomic mass is 16.5. The molecule has 0 unspecified atom stereocenters. The Labute approximate surface area is 162 Å². The van der Waals surface area contributed by atoms with E-state index in [4.69, 9.17) is 4.74 Å². The van der Waals surface area contributed by atoms with Crippen LogP contribution in [0.1, 0.15) is 48.4 Å². The van der Waals surface area contributed by atoms with Crippen molar-refractivity contribution < 1.29 is 9.53 Å². The van der Waals surface area contributed by atoms with Crippen molar-refractivity contribution >= 4 is 11.9 Å². The van der Waals surface area contributed by atoms with Gasteiger partial charge in [-0.05, 0) is 43.9 Å². The number of para-hydroxylation sites is 1. The van der Waals surface area contributed by atoms with Crippen LogP contribution in [0.4, 0.5) is 5.95 Å². The van der Waals surface area contributed by atoms with Crippen LogP contribution in [0, 0.1) is 6.92 Å². The molecular weight excluding hydrogens is 340 g/mol. The fraction of sp³-hybridized carbons (Fsp3) is 0.476. The Morgan fingerprint density at radius 1 is 1.15 bits per heavy atom. The van der Waals surface area contributed by atoms with E-state index in [0.717, 1.165) is 42.9 Å². The van der Waals surface area contributed by atoms with E-state index in [9.17, 15) is 4.79 Å². The highest BCUT2D eigenvalue weighted by Crippen LogP contribution is 2.17. The minimum absolute atomic E-state index is 0.176. The first-order valence-corrected chi connectivity index (χ1v) is 9.59. The van der Waals surface area contributed by atoms with E-state index in [2.05, 4.69) is 34.0 Å². The van der Waals surface area contributed by atoms with Crippen molar-refractivity contribution in [2.45, 2.75) is 40.0 Å². The number of benzene rings is 1. The van der Waals surface area contributed by atoms with Crippen LogP contribution >= 0.6 is 0 Å². The number of aryl methyl sites for hydroxylation is 1. The standard InChI is InChI=1S/C21H30N4O2/c1-5-13-25(14-6-2)21-23-16(3)15-18(24-21)20(26)22-12-11-17-9-7-8-10-19(17)27-4/h7-10,15H,5-6,11-14H2,1-4H3,(H,22,26). The number of methoxy groups -OCH3 is 1. The Morgan fingerprint density at radius 2 is 1.85 bits per heavy atom. The molecule has 0 fully saturated rings. The number of amides is 1. The number of rotatable bonds is 10. The summed E-state index contributed by atoms with van der Waals surface area (Å²) < 4.78 is 5.35. The van der Waals surface area contributed by atoms with Gasteiger partial charge in [-0.3, -0.25) is 4.79 Å². The Bertz CT molecular complexity index is 743. The summed E-state index contributed by atoms with van der Waals surface area (Å²) in [7, 11) is 1.65. The second-order valence-corrected chi connectivity index (χ2v) is 6.50. The molecule has 1 aromatic heterocycles. The third-order valence-electron chi connectivity index (χ3n) is 4.22. The number of anilines is 1. The second kappa shape index (κ2) is 10.5. The molecule has 2 rings (SSSR count). The van der Waals surface area contributed by atoms with Gasteiger partial charge in [0.15, 0.2) is 0 Å². The Morgan fingerprint density at radius 3 is 2.52 bits per heavy atom. The fourth-order valence-corrected chi connectivity index (χ4v) is 2.97. The van der Waals surface area contributed by atoms with Crippen molar-refractivity contribution in [2.75, 3.05) is 31.6 Å². The summed E-state index contributed by atoms with van der Waals surface area (Å²) in [5, 5.41) is 2.95. The molecule has 0 bridgehead atoms. The van der Waals surface area contributed by atoms with E-state index >= 15 is 0 Å². The molecule has 1 heterocycles. The van der Waals surface area contributed by atoms with Crippen LogP contribution in [0.25, 0.3) is 0 Å². The first-order valence-electron chi connectivity index (χ1n) is 9.59. The number of carbonyl (C=O) groups excluding carboxylic acids is 1. The van der Waals surface area contributed by atoms with E-state index in [1.165, 1.54) is 0 Å². The minimum atomic E-state index is -0.176. The Kier molecular flexibility index (Phi) is 8.04. The van der Waals surface area contributed by atoms with Crippen molar-refractivity contribution in [1.82, 2.24) is 15.3 Å². The number of aromatic nitrogens is 2. The summed E-state index contributed by atoms with van der Waals surface area (Å²) >= 11 is 0. The molecule has 1 amide bonds. The fourth-order valence-electron chi connectivity index (χ4n) is 2.97. The van der Waals surface area contributed by atoms with Gasteiger partial charge < -0.3 is 15.0 Å².